The molecule has 2 atom stereocenters. The number of nitrogens with one attached hydrogen (secondary N) is 2. The highest BCUT2D eigenvalue weighted by Crippen LogP contribution is 2.21. The van der Waals surface area contributed by atoms with E-state index in [9.17, 15) is 19.2 Å². The molecule has 2 unspecified atom stereocenters. The molecule has 1 amide bonds. The molecule has 9 heteroatoms. The molecule has 0 aliphatic carbocycles. The zero-order valence-electron chi connectivity index (χ0n) is 19.5. The maximum atomic E-state index is 12.8. The van der Waals surface area contributed by atoms with Crippen molar-refractivity contribution < 1.29 is 33.4 Å². The molecule has 0 aliphatic heterocycles. The Morgan fingerprint density at radius 3 is 2.24 bits per heavy atom. The minimum absolute atomic E-state index is 0.160. The molecule has 176 valence electrons. The molecule has 0 aliphatic rings. The molecular formula is C24H28N2O7. The number of carbonyl (C=O) groups excluding carboxylic acids is 4. The molecule has 0 saturated heterocycles. The van der Waals surface area contributed by atoms with Crippen LogP contribution in [0.4, 0.5) is 0 Å². The lowest BCUT2D eigenvalue weighted by Crippen LogP contribution is -2.41. The van der Waals surface area contributed by atoms with Gasteiger partial charge in [0, 0.05) is 11.8 Å². The molecule has 2 aromatic rings. The van der Waals surface area contributed by atoms with Crippen molar-refractivity contribution in [2.45, 2.75) is 39.8 Å². The molecular weight excluding hydrogens is 428 g/mol. The number of aromatic amines is 1. The van der Waals surface area contributed by atoms with E-state index in [0.29, 0.717) is 17.0 Å². The van der Waals surface area contributed by atoms with Gasteiger partial charge in [0.1, 0.15) is 11.8 Å². The first-order chi connectivity index (χ1) is 15.6. The van der Waals surface area contributed by atoms with Crippen LogP contribution in [-0.4, -0.2) is 55.0 Å². The van der Waals surface area contributed by atoms with Gasteiger partial charge < -0.3 is 24.5 Å². The molecule has 0 fully saturated rings. The van der Waals surface area contributed by atoms with Gasteiger partial charge in [0.15, 0.2) is 6.10 Å². The van der Waals surface area contributed by atoms with E-state index < -0.39 is 35.8 Å². The Balaban J connectivity index is 1.96. The van der Waals surface area contributed by atoms with Crippen molar-refractivity contribution in [1.82, 2.24) is 10.3 Å². The number of ether oxygens (including phenoxy) is 3. The van der Waals surface area contributed by atoms with Crippen molar-refractivity contribution in [3.63, 3.8) is 0 Å². The summed E-state index contributed by atoms with van der Waals surface area (Å²) in [4.78, 5) is 52.0. The van der Waals surface area contributed by atoms with E-state index in [0.717, 1.165) is 5.56 Å². The lowest BCUT2D eigenvalue weighted by molar-refractivity contribution is -0.149. The Bertz CT molecular complexity index is 1070. The normalized spacial score (nSPS) is 12.7. The van der Waals surface area contributed by atoms with Gasteiger partial charge in [0.25, 0.3) is 0 Å². The first-order valence-electron chi connectivity index (χ1n) is 10.2. The van der Waals surface area contributed by atoms with Crippen LogP contribution >= 0.6 is 0 Å². The quantitative estimate of drug-likeness (QED) is 0.338. The van der Waals surface area contributed by atoms with Crippen molar-refractivity contribution >= 4 is 29.7 Å². The van der Waals surface area contributed by atoms with Crippen LogP contribution in [0, 0.1) is 13.8 Å². The standard InChI is InChI=1S/C24H28N2O7/c1-13-20(24(30)32-6)14(2)26-21(13)22(28)16(4)33-23(29)15(3)25-19(27)12-9-17-7-10-18(31-5)11-8-17/h7-12,15-16,26H,1-6H3,(H,25,27). The van der Waals surface area contributed by atoms with Gasteiger partial charge >= 0.3 is 11.9 Å². The summed E-state index contributed by atoms with van der Waals surface area (Å²) in [5.74, 6) is -1.63. The lowest BCUT2D eigenvalue weighted by atomic mass is 10.1. The van der Waals surface area contributed by atoms with Crippen LogP contribution in [0.3, 0.4) is 0 Å². The third-order valence-corrected chi connectivity index (χ3v) is 4.99. The summed E-state index contributed by atoms with van der Waals surface area (Å²) in [6.45, 7) is 6.13. The second kappa shape index (κ2) is 11.1. The van der Waals surface area contributed by atoms with Crippen LogP contribution in [0.1, 0.15) is 51.5 Å². The molecule has 1 aromatic heterocycles. The third kappa shape index (κ3) is 6.31. The van der Waals surface area contributed by atoms with Crippen LogP contribution < -0.4 is 10.1 Å². The van der Waals surface area contributed by atoms with Crippen LogP contribution in [0.15, 0.2) is 30.3 Å². The third-order valence-electron chi connectivity index (χ3n) is 4.99. The summed E-state index contributed by atoms with van der Waals surface area (Å²) >= 11 is 0. The van der Waals surface area contributed by atoms with Gasteiger partial charge in [-0.15, -0.1) is 0 Å². The summed E-state index contributed by atoms with van der Waals surface area (Å²) < 4.78 is 15.0. The van der Waals surface area contributed by atoms with Gasteiger partial charge in [-0.25, -0.2) is 9.59 Å². The number of aromatic nitrogens is 1. The maximum absolute atomic E-state index is 12.8. The van der Waals surface area contributed by atoms with Gasteiger partial charge in [0.2, 0.25) is 11.7 Å². The number of rotatable bonds is 9. The molecule has 0 spiro atoms. The van der Waals surface area contributed by atoms with Gasteiger partial charge in [-0.3, -0.25) is 9.59 Å². The van der Waals surface area contributed by atoms with Crippen LogP contribution in [0.5, 0.6) is 5.75 Å². The maximum Gasteiger partial charge on any atom is 0.339 e. The second-order valence-electron chi connectivity index (χ2n) is 7.40. The van der Waals surface area contributed by atoms with E-state index in [1.54, 1.807) is 51.3 Å². The Hall–Kier alpha value is -3.88. The highest BCUT2D eigenvalue weighted by Gasteiger charge is 2.28. The van der Waals surface area contributed by atoms with E-state index in [4.69, 9.17) is 14.2 Å². The Morgan fingerprint density at radius 1 is 1.03 bits per heavy atom. The van der Waals surface area contributed by atoms with Crippen molar-refractivity contribution in [2.75, 3.05) is 14.2 Å². The topological polar surface area (TPSA) is 124 Å². The molecule has 0 radical (unpaired) electrons. The summed E-state index contributed by atoms with van der Waals surface area (Å²) in [5, 5.41) is 2.50. The summed E-state index contributed by atoms with van der Waals surface area (Å²) in [5.41, 5.74) is 2.10. The number of carbonyl (C=O) groups is 4. The average Bonchev–Trinajstić information content (AvgIpc) is 3.10. The summed E-state index contributed by atoms with van der Waals surface area (Å²) in [6, 6.07) is 6.10. The smallest absolute Gasteiger partial charge is 0.339 e. The number of ketones is 1. The molecule has 2 N–H and O–H groups in total. The molecule has 1 heterocycles. The van der Waals surface area contributed by atoms with E-state index in [1.807, 2.05) is 0 Å². The number of amides is 1. The molecule has 0 bridgehead atoms. The van der Waals surface area contributed by atoms with Gasteiger partial charge in [0.05, 0.1) is 25.5 Å². The van der Waals surface area contributed by atoms with Gasteiger partial charge in [-0.1, -0.05) is 12.1 Å². The van der Waals surface area contributed by atoms with E-state index >= 15 is 0 Å². The number of Topliss-reactive ketones (excluding diaryl/α,β-unsaturated/α-hetero) is 1. The minimum Gasteiger partial charge on any atom is -0.497 e. The fraction of sp³-hybridized carbons (Fsp3) is 0.333. The first-order valence-corrected chi connectivity index (χ1v) is 10.2. The number of hydrogen-bond acceptors (Lipinski definition) is 7. The zero-order valence-corrected chi connectivity index (χ0v) is 19.5. The number of methoxy groups -OCH3 is 2. The van der Waals surface area contributed by atoms with Crippen molar-refractivity contribution in [2.24, 2.45) is 0 Å². The highest BCUT2D eigenvalue weighted by molar-refractivity contribution is 6.04. The minimum atomic E-state index is -1.13. The van der Waals surface area contributed by atoms with Crippen molar-refractivity contribution in [3.05, 3.63) is 58.4 Å². The summed E-state index contributed by atoms with van der Waals surface area (Å²) in [7, 11) is 2.81. The molecule has 1 aromatic carbocycles. The van der Waals surface area contributed by atoms with Crippen LogP contribution in [0.25, 0.3) is 6.08 Å². The van der Waals surface area contributed by atoms with Crippen molar-refractivity contribution in [1.29, 1.82) is 0 Å². The Morgan fingerprint density at radius 2 is 1.67 bits per heavy atom. The average molecular weight is 456 g/mol. The number of aryl methyl sites for hydroxylation is 1. The van der Waals surface area contributed by atoms with Crippen LogP contribution in [-0.2, 0) is 19.1 Å². The largest absolute Gasteiger partial charge is 0.497 e. The highest BCUT2D eigenvalue weighted by atomic mass is 16.5. The van der Waals surface area contributed by atoms with Crippen molar-refractivity contribution in [3.8, 4) is 5.75 Å². The van der Waals surface area contributed by atoms with E-state index in [1.165, 1.54) is 27.0 Å². The van der Waals surface area contributed by atoms with Gasteiger partial charge in [-0.05, 0) is 57.0 Å². The Kier molecular flexibility index (Phi) is 8.56. The van der Waals surface area contributed by atoms with E-state index in [-0.39, 0.29) is 11.3 Å². The first kappa shape index (κ1) is 25.4. The molecule has 0 saturated carbocycles. The molecule has 2 rings (SSSR count). The fourth-order valence-electron chi connectivity index (χ4n) is 3.15. The monoisotopic (exact) mass is 456 g/mol. The predicted octanol–water partition coefficient (Wildman–Crippen LogP) is 2.76. The lowest BCUT2D eigenvalue weighted by Gasteiger charge is -2.16. The number of esters is 2. The fourth-order valence-corrected chi connectivity index (χ4v) is 3.15. The predicted molar refractivity (Wildman–Crippen MR) is 121 cm³/mol. The Labute approximate surface area is 192 Å². The molecule has 33 heavy (non-hydrogen) atoms. The number of H-pyrrole nitrogens is 1. The SMILES string of the molecule is COC(=O)c1c(C)[nH]c(C(=O)C(C)OC(=O)C(C)NC(=O)C=Cc2ccc(OC)cc2)c1C. The van der Waals surface area contributed by atoms with Gasteiger partial charge in [-0.2, -0.15) is 0 Å². The molecule has 9 nitrogen and oxygen atoms in total. The van der Waals surface area contributed by atoms with Crippen LogP contribution in [0.2, 0.25) is 0 Å². The second-order valence-corrected chi connectivity index (χ2v) is 7.40. The number of benzene rings is 1. The number of hydrogen-bond donors (Lipinski definition) is 2. The summed E-state index contributed by atoms with van der Waals surface area (Å²) in [6.07, 6.45) is 1.75. The van der Waals surface area contributed by atoms with E-state index in [2.05, 4.69) is 10.3 Å². The zero-order chi connectivity index (χ0) is 24.7.